The van der Waals surface area contributed by atoms with Crippen LogP contribution < -0.4 is 5.32 Å². The third kappa shape index (κ3) is 4.78. The fourth-order valence-corrected chi connectivity index (χ4v) is 4.97. The molecule has 2 aromatic carbocycles. The molecule has 8 nitrogen and oxygen atoms in total. The van der Waals surface area contributed by atoms with Gasteiger partial charge in [-0.2, -0.15) is 0 Å². The highest BCUT2D eigenvalue weighted by molar-refractivity contribution is 6.31. The van der Waals surface area contributed by atoms with Crippen LogP contribution in [0.2, 0.25) is 5.02 Å². The topological polar surface area (TPSA) is 96.7 Å². The van der Waals surface area contributed by atoms with Gasteiger partial charge in [-0.3, -0.25) is 19.4 Å². The highest BCUT2D eigenvalue weighted by atomic mass is 35.5. The third-order valence-electron chi connectivity index (χ3n) is 6.77. The second-order valence-corrected chi connectivity index (χ2v) is 9.70. The van der Waals surface area contributed by atoms with Gasteiger partial charge in [-0.15, -0.1) is 0 Å². The van der Waals surface area contributed by atoms with Crippen LogP contribution in [0.4, 0.5) is 5.69 Å². The standard InChI is InChI=1S/C30H22ClN5O3/c31-21-10-11-23-25(16-21)34-29(38)26(17-22-4-1-2-12-32-22)36(30(23)39)18-19-6-8-20(9-7-19)27(37)24-5-3-14-35-15-13-33-28(24)35/h1-16,26H,17-18H2,(H,34,38). The molecule has 1 aliphatic rings. The number of nitrogens with zero attached hydrogens (tertiary/aromatic N) is 4. The lowest BCUT2D eigenvalue weighted by Gasteiger charge is -2.28. The number of benzene rings is 2. The van der Waals surface area contributed by atoms with Gasteiger partial charge in [0.25, 0.3) is 5.91 Å². The molecule has 0 spiro atoms. The Balaban J connectivity index is 1.31. The van der Waals surface area contributed by atoms with Crippen molar-refractivity contribution < 1.29 is 14.4 Å². The molecule has 1 unspecified atom stereocenters. The number of rotatable bonds is 6. The molecule has 0 saturated heterocycles. The van der Waals surface area contributed by atoms with Crippen LogP contribution in [0.3, 0.4) is 0 Å². The van der Waals surface area contributed by atoms with E-state index >= 15 is 0 Å². The number of fused-ring (bicyclic) bond motifs is 2. The summed E-state index contributed by atoms with van der Waals surface area (Å²) in [6.45, 7) is 0.163. The van der Waals surface area contributed by atoms with Gasteiger partial charge in [0.15, 0.2) is 5.78 Å². The Bertz CT molecular complexity index is 1720. The maximum atomic E-state index is 13.8. The lowest BCUT2D eigenvalue weighted by molar-refractivity contribution is -0.120. The zero-order valence-corrected chi connectivity index (χ0v) is 21.4. The first-order chi connectivity index (χ1) is 19.0. The fraction of sp³-hybridized carbons (Fsp3) is 0.100. The van der Waals surface area contributed by atoms with Crippen molar-refractivity contribution in [3.05, 3.63) is 131 Å². The number of amides is 2. The monoisotopic (exact) mass is 535 g/mol. The van der Waals surface area contributed by atoms with Crippen molar-refractivity contribution in [2.45, 2.75) is 19.0 Å². The first kappa shape index (κ1) is 24.5. The van der Waals surface area contributed by atoms with Gasteiger partial charge in [0, 0.05) is 54.0 Å². The quantitative estimate of drug-likeness (QED) is 0.314. The van der Waals surface area contributed by atoms with E-state index in [2.05, 4.69) is 15.3 Å². The van der Waals surface area contributed by atoms with Crippen molar-refractivity contribution in [2.75, 3.05) is 5.32 Å². The highest BCUT2D eigenvalue weighted by Gasteiger charge is 2.36. The van der Waals surface area contributed by atoms with E-state index in [1.807, 2.05) is 18.3 Å². The van der Waals surface area contributed by atoms with E-state index in [0.717, 1.165) is 5.56 Å². The molecule has 0 fully saturated rings. The molecular weight excluding hydrogens is 514 g/mol. The molecule has 0 aliphatic carbocycles. The van der Waals surface area contributed by atoms with Crippen molar-refractivity contribution in [1.29, 1.82) is 0 Å². The first-order valence-corrected chi connectivity index (χ1v) is 12.7. The first-order valence-electron chi connectivity index (χ1n) is 12.3. The zero-order valence-electron chi connectivity index (χ0n) is 20.6. The summed E-state index contributed by atoms with van der Waals surface area (Å²) < 4.78 is 1.80. The number of carbonyl (C=O) groups excluding carboxylic acids is 3. The predicted octanol–water partition coefficient (Wildman–Crippen LogP) is 4.82. The van der Waals surface area contributed by atoms with Crippen LogP contribution >= 0.6 is 11.6 Å². The molecule has 4 heterocycles. The van der Waals surface area contributed by atoms with E-state index < -0.39 is 6.04 Å². The number of anilines is 1. The zero-order chi connectivity index (χ0) is 26.9. The van der Waals surface area contributed by atoms with Gasteiger partial charge in [0.05, 0.1) is 16.8 Å². The van der Waals surface area contributed by atoms with Gasteiger partial charge in [0.2, 0.25) is 5.91 Å². The SMILES string of the molecule is O=C(c1ccc(CN2C(=O)c3ccc(Cl)cc3NC(=O)C2Cc2ccccn2)cc1)c1cccn2ccnc12. The Kier molecular flexibility index (Phi) is 6.38. The van der Waals surface area contributed by atoms with E-state index in [0.29, 0.717) is 38.7 Å². The number of carbonyl (C=O) groups is 3. The van der Waals surface area contributed by atoms with Crippen LogP contribution in [-0.2, 0) is 17.8 Å². The van der Waals surface area contributed by atoms with Crippen molar-refractivity contribution in [3.63, 3.8) is 0 Å². The van der Waals surface area contributed by atoms with E-state index in [1.165, 1.54) is 0 Å². The number of ketones is 1. The normalized spacial score (nSPS) is 15.1. The summed E-state index contributed by atoms with van der Waals surface area (Å²) in [6.07, 6.45) is 7.17. The lowest BCUT2D eigenvalue weighted by atomic mass is 10.0. The molecule has 6 rings (SSSR count). The lowest BCUT2D eigenvalue weighted by Crippen LogP contribution is -2.46. The van der Waals surface area contributed by atoms with E-state index in [4.69, 9.17) is 11.6 Å². The van der Waals surface area contributed by atoms with Gasteiger partial charge < -0.3 is 14.6 Å². The van der Waals surface area contributed by atoms with Crippen LogP contribution in [0.1, 0.15) is 37.5 Å². The summed E-state index contributed by atoms with van der Waals surface area (Å²) in [5, 5.41) is 3.29. The van der Waals surface area contributed by atoms with Crippen LogP contribution in [-0.4, -0.2) is 42.9 Å². The van der Waals surface area contributed by atoms with Gasteiger partial charge in [-0.25, -0.2) is 4.98 Å². The predicted molar refractivity (Wildman–Crippen MR) is 147 cm³/mol. The summed E-state index contributed by atoms with van der Waals surface area (Å²) in [4.78, 5) is 50.6. The highest BCUT2D eigenvalue weighted by Crippen LogP contribution is 2.29. The Hall–Kier alpha value is -4.82. The minimum absolute atomic E-state index is 0.151. The maximum absolute atomic E-state index is 13.8. The second kappa shape index (κ2) is 10.2. The number of halogens is 1. The van der Waals surface area contributed by atoms with E-state index in [-0.39, 0.29) is 30.6 Å². The molecule has 0 radical (unpaired) electrons. The van der Waals surface area contributed by atoms with Gasteiger partial charge in [-0.05, 0) is 48.0 Å². The molecule has 9 heteroatoms. The average Bonchev–Trinajstić information content (AvgIpc) is 3.41. The van der Waals surface area contributed by atoms with Gasteiger partial charge in [0.1, 0.15) is 11.7 Å². The van der Waals surface area contributed by atoms with Crippen molar-refractivity contribution >= 4 is 40.5 Å². The van der Waals surface area contributed by atoms with Gasteiger partial charge >= 0.3 is 0 Å². The van der Waals surface area contributed by atoms with Crippen LogP contribution in [0.15, 0.2) is 97.6 Å². The summed E-state index contributed by atoms with van der Waals surface area (Å²) in [5.74, 6) is -0.774. The Labute approximate surface area is 228 Å². The summed E-state index contributed by atoms with van der Waals surface area (Å²) >= 11 is 6.15. The molecule has 192 valence electrons. The van der Waals surface area contributed by atoms with Gasteiger partial charge in [-0.1, -0.05) is 41.9 Å². The summed E-state index contributed by atoms with van der Waals surface area (Å²) in [7, 11) is 0. The van der Waals surface area contributed by atoms with Crippen molar-refractivity contribution in [2.24, 2.45) is 0 Å². The molecular formula is C30H22ClN5O3. The Morgan fingerprint density at radius 1 is 0.923 bits per heavy atom. The molecule has 1 N–H and O–H groups in total. The smallest absolute Gasteiger partial charge is 0.256 e. The van der Waals surface area contributed by atoms with Crippen LogP contribution in [0, 0.1) is 0 Å². The summed E-state index contributed by atoms with van der Waals surface area (Å²) in [6, 6.07) is 20.1. The molecule has 0 saturated carbocycles. The minimum atomic E-state index is -0.807. The summed E-state index contributed by atoms with van der Waals surface area (Å²) in [5.41, 5.74) is 3.78. The second-order valence-electron chi connectivity index (χ2n) is 9.26. The molecule has 1 atom stereocenters. The number of hydrogen-bond donors (Lipinski definition) is 1. The largest absolute Gasteiger partial charge is 0.323 e. The number of imidazole rings is 1. The Morgan fingerprint density at radius 3 is 2.56 bits per heavy atom. The molecule has 1 aliphatic heterocycles. The number of pyridine rings is 2. The van der Waals surface area contributed by atoms with Crippen LogP contribution in [0.25, 0.3) is 5.65 Å². The fourth-order valence-electron chi connectivity index (χ4n) is 4.80. The van der Waals surface area contributed by atoms with E-state index in [9.17, 15) is 14.4 Å². The number of hydrogen-bond acceptors (Lipinski definition) is 5. The Morgan fingerprint density at radius 2 is 1.77 bits per heavy atom. The molecule has 39 heavy (non-hydrogen) atoms. The van der Waals surface area contributed by atoms with Crippen LogP contribution in [0.5, 0.6) is 0 Å². The number of nitrogens with one attached hydrogen (secondary N) is 1. The van der Waals surface area contributed by atoms with Crippen molar-refractivity contribution in [1.82, 2.24) is 19.3 Å². The maximum Gasteiger partial charge on any atom is 0.256 e. The number of aromatic nitrogens is 3. The molecule has 0 bridgehead atoms. The average molecular weight is 536 g/mol. The third-order valence-corrected chi connectivity index (χ3v) is 7.01. The minimum Gasteiger partial charge on any atom is -0.323 e. The van der Waals surface area contributed by atoms with E-state index in [1.54, 1.807) is 88.6 Å². The van der Waals surface area contributed by atoms with Crippen molar-refractivity contribution in [3.8, 4) is 0 Å². The molecule has 2 amide bonds. The molecule has 3 aromatic heterocycles. The molecule has 5 aromatic rings.